The summed E-state index contributed by atoms with van der Waals surface area (Å²) in [4.78, 5) is 13.9. The Bertz CT molecular complexity index is 909. The minimum Gasteiger partial charge on any atom is -0.493 e. The van der Waals surface area contributed by atoms with Crippen LogP contribution in [-0.2, 0) is 13.1 Å². The van der Waals surface area contributed by atoms with E-state index in [2.05, 4.69) is 10.6 Å². The molecule has 6 nitrogen and oxygen atoms in total. The van der Waals surface area contributed by atoms with E-state index in [0.29, 0.717) is 24.6 Å². The number of hydrogen-bond acceptors (Lipinski definition) is 6. The molecule has 0 aliphatic carbocycles. The maximum absolute atomic E-state index is 12.1. The molecular weight excluding hydrogens is 396 g/mol. The first-order valence-corrected chi connectivity index (χ1v) is 10.4. The van der Waals surface area contributed by atoms with Gasteiger partial charge in [-0.2, -0.15) is 11.3 Å². The van der Waals surface area contributed by atoms with Crippen molar-refractivity contribution in [2.45, 2.75) is 19.2 Å². The first-order valence-electron chi connectivity index (χ1n) is 8.62. The molecule has 2 aromatic heterocycles. The van der Waals surface area contributed by atoms with Gasteiger partial charge in [0.1, 0.15) is 6.10 Å². The number of nitrogens with one attached hydrogen (secondary N) is 2. The Labute approximate surface area is 171 Å². The fraction of sp³-hybridized carbons (Fsp3) is 0.250. The van der Waals surface area contributed by atoms with Gasteiger partial charge in [0.25, 0.3) is 0 Å². The highest BCUT2D eigenvalue weighted by Crippen LogP contribution is 2.30. The molecule has 0 saturated heterocycles. The molecule has 0 bridgehead atoms. The zero-order valence-corrected chi connectivity index (χ0v) is 17.2. The highest BCUT2D eigenvalue weighted by molar-refractivity contribution is 7.12. The fourth-order valence-electron chi connectivity index (χ4n) is 2.63. The minimum atomic E-state index is -0.621. The monoisotopic (exact) mass is 418 g/mol. The largest absolute Gasteiger partial charge is 0.493 e. The molecule has 1 aromatic carbocycles. The molecule has 0 radical (unpaired) electrons. The maximum atomic E-state index is 12.1. The Balaban J connectivity index is 1.48. The number of methoxy groups -OCH3 is 2. The molecule has 3 N–H and O–H groups in total. The average molecular weight is 419 g/mol. The molecule has 0 spiro atoms. The number of benzene rings is 1. The summed E-state index contributed by atoms with van der Waals surface area (Å²) in [5.41, 5.74) is 1.80. The van der Waals surface area contributed by atoms with Crippen molar-refractivity contribution in [1.29, 1.82) is 0 Å². The SMILES string of the molecule is COc1ccc(CNC(=O)NCc2ccc(C(O)c3ccsc3)s2)cc1OC. The summed E-state index contributed by atoms with van der Waals surface area (Å²) >= 11 is 3.04. The predicted octanol–water partition coefficient (Wildman–Crippen LogP) is 3.91. The number of carbonyl (C=O) groups excluding carboxylic acids is 1. The van der Waals surface area contributed by atoms with Gasteiger partial charge in [0, 0.05) is 16.3 Å². The molecule has 0 saturated carbocycles. The highest BCUT2D eigenvalue weighted by atomic mass is 32.1. The third-order valence-corrected chi connectivity index (χ3v) is 5.97. The van der Waals surface area contributed by atoms with Gasteiger partial charge in [-0.3, -0.25) is 0 Å². The lowest BCUT2D eigenvalue weighted by atomic mass is 10.2. The Morgan fingerprint density at radius 3 is 2.57 bits per heavy atom. The normalized spacial score (nSPS) is 11.7. The number of ether oxygens (including phenoxy) is 2. The summed E-state index contributed by atoms with van der Waals surface area (Å²) in [7, 11) is 3.16. The van der Waals surface area contributed by atoms with Crippen molar-refractivity contribution in [2.75, 3.05) is 14.2 Å². The fourth-order valence-corrected chi connectivity index (χ4v) is 4.28. The van der Waals surface area contributed by atoms with Gasteiger partial charge < -0.3 is 25.2 Å². The lowest BCUT2D eigenvalue weighted by Gasteiger charge is -2.11. The van der Waals surface area contributed by atoms with E-state index < -0.39 is 6.10 Å². The molecule has 2 heterocycles. The molecule has 2 amide bonds. The number of rotatable bonds is 8. The average Bonchev–Trinajstić information content (AvgIpc) is 3.42. The first-order chi connectivity index (χ1) is 13.6. The third-order valence-electron chi connectivity index (χ3n) is 4.14. The number of urea groups is 1. The minimum absolute atomic E-state index is 0.261. The van der Waals surface area contributed by atoms with Crippen LogP contribution in [0, 0.1) is 0 Å². The Hall–Kier alpha value is -2.55. The van der Waals surface area contributed by atoms with E-state index in [0.717, 1.165) is 20.9 Å². The van der Waals surface area contributed by atoms with E-state index >= 15 is 0 Å². The molecule has 28 heavy (non-hydrogen) atoms. The molecular formula is C20H22N2O4S2. The smallest absolute Gasteiger partial charge is 0.315 e. The summed E-state index contributed by atoms with van der Waals surface area (Å²) in [6, 6.07) is 11.0. The van der Waals surface area contributed by atoms with Crippen LogP contribution in [0.2, 0.25) is 0 Å². The Morgan fingerprint density at radius 1 is 1.07 bits per heavy atom. The maximum Gasteiger partial charge on any atom is 0.315 e. The number of aliphatic hydroxyl groups excluding tert-OH is 1. The van der Waals surface area contributed by atoms with Crippen molar-refractivity contribution in [1.82, 2.24) is 10.6 Å². The second-order valence-electron chi connectivity index (χ2n) is 5.99. The summed E-state index contributed by atoms with van der Waals surface area (Å²) in [6.07, 6.45) is -0.621. The standard InChI is InChI=1S/C20H22N2O4S2/c1-25-16-5-3-13(9-17(16)26-2)10-21-20(24)22-11-15-4-6-18(28-15)19(23)14-7-8-27-12-14/h3-9,12,19,23H,10-11H2,1-2H3,(H2,21,22,24). The third kappa shape index (κ3) is 5.03. The van der Waals surface area contributed by atoms with Gasteiger partial charge >= 0.3 is 6.03 Å². The molecule has 0 fully saturated rings. The molecule has 3 rings (SSSR count). The summed E-state index contributed by atoms with van der Waals surface area (Å²) < 4.78 is 10.5. The van der Waals surface area contributed by atoms with E-state index in [9.17, 15) is 9.90 Å². The van der Waals surface area contributed by atoms with E-state index in [4.69, 9.17) is 9.47 Å². The van der Waals surface area contributed by atoms with Gasteiger partial charge in [-0.1, -0.05) is 6.07 Å². The second-order valence-corrected chi connectivity index (χ2v) is 7.97. The van der Waals surface area contributed by atoms with Crippen LogP contribution < -0.4 is 20.1 Å². The Morgan fingerprint density at radius 2 is 1.86 bits per heavy atom. The van der Waals surface area contributed by atoms with Crippen LogP contribution in [0.25, 0.3) is 0 Å². The van der Waals surface area contributed by atoms with Crippen molar-refractivity contribution in [2.24, 2.45) is 0 Å². The van der Waals surface area contributed by atoms with E-state index in [1.165, 1.54) is 11.3 Å². The number of hydrogen-bond donors (Lipinski definition) is 3. The quantitative estimate of drug-likeness (QED) is 0.518. The van der Waals surface area contributed by atoms with Crippen LogP contribution in [-0.4, -0.2) is 25.4 Å². The molecule has 0 aliphatic heterocycles. The van der Waals surface area contributed by atoms with Crippen LogP contribution >= 0.6 is 22.7 Å². The van der Waals surface area contributed by atoms with Crippen molar-refractivity contribution < 1.29 is 19.4 Å². The van der Waals surface area contributed by atoms with Gasteiger partial charge in [0.05, 0.1) is 20.8 Å². The number of aliphatic hydroxyl groups is 1. The van der Waals surface area contributed by atoms with Gasteiger partial charge in [0.2, 0.25) is 0 Å². The lowest BCUT2D eigenvalue weighted by molar-refractivity contribution is 0.224. The highest BCUT2D eigenvalue weighted by Gasteiger charge is 2.13. The first kappa shape index (κ1) is 20.2. The predicted molar refractivity (Wildman–Crippen MR) is 111 cm³/mol. The number of amides is 2. The van der Waals surface area contributed by atoms with Gasteiger partial charge in [-0.05, 0) is 52.2 Å². The van der Waals surface area contributed by atoms with Crippen molar-refractivity contribution in [3.8, 4) is 11.5 Å². The van der Waals surface area contributed by atoms with Crippen LogP contribution in [0.1, 0.15) is 27.0 Å². The van der Waals surface area contributed by atoms with E-state index in [1.54, 1.807) is 31.6 Å². The molecule has 1 atom stereocenters. The van der Waals surface area contributed by atoms with Gasteiger partial charge in [0.15, 0.2) is 11.5 Å². The number of thiophene rings is 2. The van der Waals surface area contributed by atoms with Gasteiger partial charge in [-0.15, -0.1) is 11.3 Å². The molecule has 3 aromatic rings. The summed E-state index contributed by atoms with van der Waals surface area (Å²) in [5.74, 6) is 1.27. The molecule has 8 heteroatoms. The molecule has 0 aliphatic rings. The van der Waals surface area contributed by atoms with Crippen molar-refractivity contribution in [3.05, 3.63) is 68.0 Å². The molecule has 1 unspecified atom stereocenters. The van der Waals surface area contributed by atoms with Crippen LogP contribution in [0.4, 0.5) is 4.79 Å². The van der Waals surface area contributed by atoms with Crippen molar-refractivity contribution >= 4 is 28.7 Å². The van der Waals surface area contributed by atoms with Crippen LogP contribution in [0.3, 0.4) is 0 Å². The van der Waals surface area contributed by atoms with Crippen molar-refractivity contribution in [3.63, 3.8) is 0 Å². The zero-order chi connectivity index (χ0) is 19.9. The number of carbonyl (C=O) groups is 1. The second kappa shape index (κ2) is 9.59. The lowest BCUT2D eigenvalue weighted by Crippen LogP contribution is -2.34. The summed E-state index contributed by atoms with van der Waals surface area (Å²) in [6.45, 7) is 0.775. The van der Waals surface area contributed by atoms with E-state index in [-0.39, 0.29) is 6.03 Å². The topological polar surface area (TPSA) is 79.8 Å². The van der Waals surface area contributed by atoms with Crippen LogP contribution in [0.15, 0.2) is 47.2 Å². The summed E-state index contributed by atoms with van der Waals surface area (Å²) in [5, 5.41) is 19.9. The van der Waals surface area contributed by atoms with Crippen LogP contribution in [0.5, 0.6) is 11.5 Å². The zero-order valence-electron chi connectivity index (χ0n) is 15.6. The molecule has 148 valence electrons. The van der Waals surface area contributed by atoms with Gasteiger partial charge in [-0.25, -0.2) is 4.79 Å². The van der Waals surface area contributed by atoms with E-state index in [1.807, 2.05) is 41.1 Å². The Kier molecular flexibility index (Phi) is 6.91.